The molecule has 0 atom stereocenters. The highest BCUT2D eigenvalue weighted by molar-refractivity contribution is 5.07. The zero-order chi connectivity index (χ0) is 10.2. The number of unbranched alkanes of at least 4 members (excludes halogenated alkanes) is 1. The van der Waals surface area contributed by atoms with Gasteiger partial charge in [-0.2, -0.15) is 0 Å². The molecular formula is C11H20N2O. The molecule has 0 aliphatic rings. The van der Waals surface area contributed by atoms with Crippen LogP contribution in [-0.2, 0) is 17.7 Å². The third-order valence-electron chi connectivity index (χ3n) is 2.32. The summed E-state index contributed by atoms with van der Waals surface area (Å²) in [4.78, 5) is 0. The number of hydrogen-bond donors (Lipinski definition) is 1. The van der Waals surface area contributed by atoms with E-state index in [0.29, 0.717) is 0 Å². The van der Waals surface area contributed by atoms with Gasteiger partial charge in [-0.3, -0.25) is 0 Å². The van der Waals surface area contributed by atoms with E-state index >= 15 is 0 Å². The highest BCUT2D eigenvalue weighted by Crippen LogP contribution is 2.05. The maximum Gasteiger partial charge on any atom is 0.0462 e. The van der Waals surface area contributed by atoms with Crippen molar-refractivity contribution >= 4 is 0 Å². The van der Waals surface area contributed by atoms with Crippen LogP contribution in [0.4, 0.5) is 0 Å². The van der Waals surface area contributed by atoms with Crippen molar-refractivity contribution in [3.05, 3.63) is 24.0 Å². The molecule has 1 aromatic heterocycles. The van der Waals surface area contributed by atoms with Crippen molar-refractivity contribution in [3.63, 3.8) is 0 Å². The van der Waals surface area contributed by atoms with E-state index in [9.17, 15) is 0 Å². The van der Waals surface area contributed by atoms with Crippen molar-refractivity contribution < 1.29 is 4.74 Å². The zero-order valence-corrected chi connectivity index (χ0v) is 8.91. The summed E-state index contributed by atoms with van der Waals surface area (Å²) in [6.45, 7) is 2.65. The van der Waals surface area contributed by atoms with Crippen molar-refractivity contribution in [3.8, 4) is 0 Å². The van der Waals surface area contributed by atoms with Gasteiger partial charge in [-0.1, -0.05) is 0 Å². The Hall–Kier alpha value is -0.800. The second-order valence-corrected chi connectivity index (χ2v) is 3.43. The van der Waals surface area contributed by atoms with Crippen LogP contribution in [0.25, 0.3) is 0 Å². The maximum absolute atomic E-state index is 5.53. The van der Waals surface area contributed by atoms with Crippen LogP contribution in [0.3, 0.4) is 0 Å². The number of methoxy groups -OCH3 is 1. The van der Waals surface area contributed by atoms with Crippen LogP contribution in [0.1, 0.15) is 18.5 Å². The Labute approximate surface area is 85.9 Å². The average molecular weight is 196 g/mol. The molecule has 0 unspecified atom stereocenters. The number of nitrogens with two attached hydrogens (primary N) is 1. The van der Waals surface area contributed by atoms with Crippen molar-refractivity contribution in [2.75, 3.05) is 20.3 Å². The van der Waals surface area contributed by atoms with Gasteiger partial charge in [0.05, 0.1) is 0 Å². The summed E-state index contributed by atoms with van der Waals surface area (Å²) in [6.07, 6.45) is 5.38. The van der Waals surface area contributed by atoms with Gasteiger partial charge in [0.1, 0.15) is 0 Å². The maximum atomic E-state index is 5.53. The first-order chi connectivity index (χ1) is 6.88. The summed E-state index contributed by atoms with van der Waals surface area (Å²) >= 11 is 0. The van der Waals surface area contributed by atoms with E-state index < -0.39 is 0 Å². The summed E-state index contributed by atoms with van der Waals surface area (Å²) in [5.74, 6) is 0. The standard InChI is InChI=1S/C11H20N2O/c1-14-10-3-2-8-13-9-4-5-11(13)6-7-12/h4-5,9H,2-3,6-8,10,12H2,1H3. The number of aromatic nitrogens is 1. The van der Waals surface area contributed by atoms with E-state index in [1.54, 1.807) is 7.11 Å². The van der Waals surface area contributed by atoms with Crippen LogP contribution in [0.15, 0.2) is 18.3 Å². The van der Waals surface area contributed by atoms with Crippen LogP contribution in [0.2, 0.25) is 0 Å². The number of aryl methyl sites for hydroxylation is 1. The molecule has 0 saturated heterocycles. The van der Waals surface area contributed by atoms with Gasteiger partial charge in [0.25, 0.3) is 0 Å². The largest absolute Gasteiger partial charge is 0.385 e. The lowest BCUT2D eigenvalue weighted by Gasteiger charge is -2.07. The number of hydrogen-bond acceptors (Lipinski definition) is 2. The predicted molar refractivity (Wildman–Crippen MR) is 58.3 cm³/mol. The number of ether oxygens (including phenoxy) is 1. The Kier molecular flexibility index (Phi) is 5.33. The van der Waals surface area contributed by atoms with Gasteiger partial charge >= 0.3 is 0 Å². The van der Waals surface area contributed by atoms with Crippen LogP contribution < -0.4 is 5.73 Å². The topological polar surface area (TPSA) is 40.2 Å². The van der Waals surface area contributed by atoms with Gasteiger partial charge < -0.3 is 15.0 Å². The van der Waals surface area contributed by atoms with Crippen molar-refractivity contribution in [2.45, 2.75) is 25.8 Å². The minimum atomic E-state index is 0.724. The normalized spacial score (nSPS) is 10.7. The van der Waals surface area contributed by atoms with Crippen LogP contribution in [-0.4, -0.2) is 24.8 Å². The van der Waals surface area contributed by atoms with Gasteiger partial charge in [-0.15, -0.1) is 0 Å². The Morgan fingerprint density at radius 1 is 1.43 bits per heavy atom. The van der Waals surface area contributed by atoms with Crippen molar-refractivity contribution in [1.82, 2.24) is 4.57 Å². The average Bonchev–Trinajstić information content (AvgIpc) is 2.61. The fourth-order valence-corrected chi connectivity index (χ4v) is 1.57. The Bertz CT molecular complexity index is 245. The van der Waals surface area contributed by atoms with Crippen molar-refractivity contribution in [1.29, 1.82) is 0 Å². The first-order valence-electron chi connectivity index (χ1n) is 5.21. The quantitative estimate of drug-likeness (QED) is 0.670. The fraction of sp³-hybridized carbons (Fsp3) is 0.636. The molecule has 80 valence electrons. The molecule has 0 aliphatic carbocycles. The molecule has 3 heteroatoms. The Morgan fingerprint density at radius 2 is 2.29 bits per heavy atom. The molecule has 14 heavy (non-hydrogen) atoms. The lowest BCUT2D eigenvalue weighted by molar-refractivity contribution is 0.191. The first kappa shape index (κ1) is 11.3. The predicted octanol–water partition coefficient (Wildman–Crippen LogP) is 1.42. The highest BCUT2D eigenvalue weighted by Gasteiger charge is 1.98. The minimum absolute atomic E-state index is 0.724. The number of nitrogens with zero attached hydrogens (tertiary/aromatic N) is 1. The second-order valence-electron chi connectivity index (χ2n) is 3.43. The Balaban J connectivity index is 2.30. The molecular weight excluding hydrogens is 176 g/mol. The molecule has 1 rings (SSSR count). The molecule has 0 amide bonds. The highest BCUT2D eigenvalue weighted by atomic mass is 16.5. The third-order valence-corrected chi connectivity index (χ3v) is 2.32. The summed E-state index contributed by atoms with van der Waals surface area (Å²) < 4.78 is 7.29. The van der Waals surface area contributed by atoms with Crippen LogP contribution >= 0.6 is 0 Å². The summed E-state index contributed by atoms with van der Waals surface area (Å²) in [5, 5.41) is 0. The summed E-state index contributed by atoms with van der Waals surface area (Å²) in [6, 6.07) is 4.23. The van der Waals surface area contributed by atoms with E-state index in [4.69, 9.17) is 10.5 Å². The molecule has 0 spiro atoms. The van der Waals surface area contributed by atoms with E-state index in [1.165, 1.54) is 12.1 Å². The zero-order valence-electron chi connectivity index (χ0n) is 8.91. The van der Waals surface area contributed by atoms with Crippen LogP contribution in [0.5, 0.6) is 0 Å². The van der Waals surface area contributed by atoms with Gasteiger partial charge in [0.2, 0.25) is 0 Å². The van der Waals surface area contributed by atoms with E-state index in [0.717, 1.165) is 32.5 Å². The monoisotopic (exact) mass is 196 g/mol. The Morgan fingerprint density at radius 3 is 3.00 bits per heavy atom. The van der Waals surface area contributed by atoms with Gasteiger partial charge in [0.15, 0.2) is 0 Å². The summed E-state index contributed by atoms with van der Waals surface area (Å²) in [5.41, 5.74) is 6.87. The summed E-state index contributed by atoms with van der Waals surface area (Å²) in [7, 11) is 1.75. The molecule has 1 heterocycles. The van der Waals surface area contributed by atoms with Gasteiger partial charge in [-0.25, -0.2) is 0 Å². The molecule has 0 aliphatic heterocycles. The molecule has 0 saturated carbocycles. The lowest BCUT2D eigenvalue weighted by Crippen LogP contribution is -2.09. The van der Waals surface area contributed by atoms with Crippen molar-refractivity contribution in [2.24, 2.45) is 5.73 Å². The van der Waals surface area contributed by atoms with Crippen LogP contribution in [0, 0.1) is 0 Å². The third kappa shape index (κ3) is 3.52. The molecule has 2 N–H and O–H groups in total. The number of rotatable bonds is 7. The molecule has 0 aromatic carbocycles. The molecule has 0 radical (unpaired) electrons. The second kappa shape index (κ2) is 6.62. The minimum Gasteiger partial charge on any atom is -0.385 e. The van der Waals surface area contributed by atoms with E-state index in [2.05, 4.69) is 22.9 Å². The van der Waals surface area contributed by atoms with Gasteiger partial charge in [-0.05, 0) is 37.9 Å². The smallest absolute Gasteiger partial charge is 0.0462 e. The van der Waals surface area contributed by atoms with E-state index in [1.807, 2.05) is 0 Å². The molecule has 3 nitrogen and oxygen atoms in total. The van der Waals surface area contributed by atoms with Gasteiger partial charge in [0, 0.05) is 32.2 Å². The fourth-order valence-electron chi connectivity index (χ4n) is 1.57. The lowest BCUT2D eigenvalue weighted by atomic mass is 10.3. The first-order valence-corrected chi connectivity index (χ1v) is 5.21. The SMILES string of the molecule is COCCCCn1cccc1CCN. The van der Waals surface area contributed by atoms with E-state index in [-0.39, 0.29) is 0 Å². The molecule has 1 aromatic rings. The molecule has 0 bridgehead atoms. The molecule has 0 fully saturated rings.